The number of halogens is 4. The Morgan fingerprint density at radius 2 is 1.95 bits per heavy atom. The summed E-state index contributed by atoms with van der Waals surface area (Å²) in [7, 11) is 0. The average Bonchev–Trinajstić information content (AvgIpc) is 2.46. The maximum absolute atomic E-state index is 12.6. The van der Waals surface area contributed by atoms with Crippen molar-refractivity contribution in [2.45, 2.75) is 25.9 Å². The van der Waals surface area contributed by atoms with E-state index in [0.29, 0.717) is 29.8 Å². The lowest BCUT2D eigenvalue weighted by molar-refractivity contribution is -0.282. The third-order valence-electron chi connectivity index (χ3n) is 2.56. The number of unbranched alkanes of at least 4 members (excludes halogenated alkanes) is 1. The number of rotatable bonds is 9. The molecule has 0 bridgehead atoms. The Morgan fingerprint density at radius 3 is 2.64 bits per heavy atom. The summed E-state index contributed by atoms with van der Waals surface area (Å²) in [5, 5.41) is 0. The Labute approximate surface area is 141 Å². The molecule has 0 radical (unpaired) electrons. The molecule has 0 aliphatic carbocycles. The summed E-state index contributed by atoms with van der Waals surface area (Å²) in [4.78, 5) is 9.50. The lowest BCUT2D eigenvalue weighted by Gasteiger charge is -2.11. The first-order valence-electron chi connectivity index (χ1n) is 6.84. The van der Waals surface area contributed by atoms with Crippen molar-refractivity contribution in [3.63, 3.8) is 0 Å². The molecule has 0 heterocycles. The molecule has 1 rings (SSSR count). The molecule has 0 saturated carbocycles. The van der Waals surface area contributed by atoms with Gasteiger partial charge in [0.2, 0.25) is 0 Å². The van der Waals surface area contributed by atoms with Crippen molar-refractivity contribution in [3.05, 3.63) is 39.5 Å². The molecular formula is C15H18F3IO3. The van der Waals surface area contributed by atoms with E-state index in [1.807, 2.05) is 41.7 Å². The number of hydrogen-bond acceptors (Lipinski definition) is 3. The van der Waals surface area contributed by atoms with Gasteiger partial charge in [0, 0.05) is 0 Å². The molecule has 0 aromatic heterocycles. The molecule has 0 atom stereocenters. The van der Waals surface area contributed by atoms with Gasteiger partial charge in [0.05, 0.1) is 22.3 Å². The van der Waals surface area contributed by atoms with Gasteiger partial charge in [-0.3, -0.25) is 0 Å². The van der Waals surface area contributed by atoms with Crippen LogP contribution in [-0.4, -0.2) is 19.8 Å². The first-order chi connectivity index (χ1) is 10.4. The molecule has 3 nitrogen and oxygen atoms in total. The van der Waals surface area contributed by atoms with Crippen LogP contribution in [0.25, 0.3) is 0 Å². The highest BCUT2D eigenvalue weighted by atomic mass is 127. The van der Waals surface area contributed by atoms with Crippen molar-refractivity contribution in [3.8, 4) is 5.75 Å². The van der Waals surface area contributed by atoms with Crippen molar-refractivity contribution in [1.29, 1.82) is 0 Å². The van der Waals surface area contributed by atoms with Crippen LogP contribution in [0.3, 0.4) is 0 Å². The topological polar surface area (TPSA) is 27.7 Å². The fraction of sp³-hybridized carbons (Fsp3) is 0.467. The number of allylic oxidation sites excluding steroid dienone is 1. The van der Waals surface area contributed by atoms with Crippen molar-refractivity contribution < 1.29 is 27.7 Å². The summed E-state index contributed by atoms with van der Waals surface area (Å²) in [6.07, 6.45) is 0.845. The Kier molecular flexibility index (Phi) is 8.81. The van der Waals surface area contributed by atoms with Gasteiger partial charge in [-0.1, -0.05) is 12.2 Å². The molecule has 0 unspecified atom stereocenters. The van der Waals surface area contributed by atoms with E-state index in [2.05, 4.69) is 0 Å². The molecule has 0 aliphatic rings. The molecule has 0 fully saturated rings. The van der Waals surface area contributed by atoms with E-state index >= 15 is 0 Å². The van der Waals surface area contributed by atoms with Crippen LogP contribution in [0.15, 0.2) is 30.4 Å². The molecule has 0 N–H and O–H groups in total. The van der Waals surface area contributed by atoms with Crippen LogP contribution < -0.4 is 4.74 Å². The molecule has 1 aromatic carbocycles. The number of alkyl halides is 3. The molecular weight excluding hydrogens is 412 g/mol. The number of hydrogen-bond donors (Lipinski definition) is 0. The number of benzene rings is 1. The minimum Gasteiger partial charge on any atom is -0.492 e. The highest BCUT2D eigenvalue weighted by Gasteiger charge is 2.31. The van der Waals surface area contributed by atoms with Crippen LogP contribution in [0.1, 0.15) is 25.3 Å². The van der Waals surface area contributed by atoms with E-state index in [4.69, 9.17) is 14.5 Å². The zero-order valence-electron chi connectivity index (χ0n) is 12.2. The molecule has 7 heteroatoms. The number of ether oxygens (including phenoxy) is 1. The second-order valence-corrected chi connectivity index (χ2v) is 5.46. The quantitative estimate of drug-likeness (QED) is 0.182. The van der Waals surface area contributed by atoms with Gasteiger partial charge in [0.1, 0.15) is 12.4 Å². The Bertz CT molecular complexity index is 476. The fourth-order valence-electron chi connectivity index (χ4n) is 1.53. The van der Waals surface area contributed by atoms with E-state index in [1.54, 1.807) is 0 Å². The smallest absolute Gasteiger partial charge is 0.416 e. The minimum absolute atomic E-state index is 0.263. The monoisotopic (exact) mass is 430 g/mol. The van der Waals surface area contributed by atoms with Gasteiger partial charge in [0.25, 0.3) is 0 Å². The van der Waals surface area contributed by atoms with Crippen LogP contribution in [0.4, 0.5) is 13.2 Å². The van der Waals surface area contributed by atoms with Gasteiger partial charge >= 0.3 is 6.18 Å². The lowest BCUT2D eigenvalue weighted by Crippen LogP contribution is -2.06. The van der Waals surface area contributed by atoms with Gasteiger partial charge in [-0.2, -0.15) is 13.2 Å². The normalized spacial score (nSPS) is 12.0. The summed E-state index contributed by atoms with van der Waals surface area (Å²) < 4.78 is 44.0. The van der Waals surface area contributed by atoms with Gasteiger partial charge in [-0.15, -0.1) is 0 Å². The second kappa shape index (κ2) is 10.1. The zero-order chi connectivity index (χ0) is 16.4. The third kappa shape index (κ3) is 7.46. The largest absolute Gasteiger partial charge is 0.492 e. The molecule has 0 saturated heterocycles. The van der Waals surface area contributed by atoms with Crippen LogP contribution >= 0.6 is 22.6 Å². The maximum atomic E-state index is 12.6. The first-order valence-corrected chi connectivity index (χ1v) is 7.92. The Hall–Kier alpha value is -0.800. The van der Waals surface area contributed by atoms with Crippen LogP contribution in [0.2, 0.25) is 0 Å². The van der Waals surface area contributed by atoms with Crippen molar-refractivity contribution >= 4 is 22.6 Å². The summed E-state index contributed by atoms with van der Waals surface area (Å²) in [5.74, 6) is 0.263. The van der Waals surface area contributed by atoms with E-state index in [0.717, 1.165) is 18.6 Å². The average molecular weight is 430 g/mol. The fourth-order valence-corrected chi connectivity index (χ4v) is 2.02. The van der Waals surface area contributed by atoms with Crippen molar-refractivity contribution in [2.24, 2.45) is 0 Å². The van der Waals surface area contributed by atoms with E-state index in [1.165, 1.54) is 6.07 Å². The lowest BCUT2D eigenvalue weighted by atomic mass is 10.2. The SMILES string of the molecule is CCOOC/C=C/CCCOc1cc(C(F)(F)F)ccc1I. The molecule has 124 valence electrons. The summed E-state index contributed by atoms with van der Waals surface area (Å²) >= 11 is 1.96. The molecule has 0 aliphatic heterocycles. The maximum Gasteiger partial charge on any atom is 0.416 e. The predicted octanol–water partition coefficient (Wildman–Crippen LogP) is 4.99. The molecule has 0 spiro atoms. The van der Waals surface area contributed by atoms with Gasteiger partial charge in [0.15, 0.2) is 0 Å². The van der Waals surface area contributed by atoms with E-state index in [9.17, 15) is 13.2 Å². The van der Waals surface area contributed by atoms with Gasteiger partial charge in [-0.25, -0.2) is 9.78 Å². The first kappa shape index (κ1) is 19.2. The molecule has 0 amide bonds. The Balaban J connectivity index is 2.33. The standard InChI is InChI=1S/C15H18F3IO3/c1-2-21-22-10-6-4-3-5-9-20-14-11-12(15(16,17)18)7-8-13(14)19/h4,6-8,11H,2-3,5,9-10H2,1H3/b6-4+. The molecule has 22 heavy (non-hydrogen) atoms. The minimum atomic E-state index is -4.36. The van der Waals surface area contributed by atoms with Crippen molar-refractivity contribution in [1.82, 2.24) is 0 Å². The molecule has 1 aromatic rings. The van der Waals surface area contributed by atoms with Gasteiger partial charge in [-0.05, 0) is 60.6 Å². The zero-order valence-corrected chi connectivity index (χ0v) is 14.3. The van der Waals surface area contributed by atoms with Crippen molar-refractivity contribution in [2.75, 3.05) is 19.8 Å². The second-order valence-electron chi connectivity index (χ2n) is 4.30. The highest BCUT2D eigenvalue weighted by molar-refractivity contribution is 14.1. The van der Waals surface area contributed by atoms with E-state index < -0.39 is 11.7 Å². The van der Waals surface area contributed by atoms with Crippen LogP contribution in [0, 0.1) is 3.57 Å². The Morgan fingerprint density at radius 1 is 1.18 bits per heavy atom. The van der Waals surface area contributed by atoms with Crippen LogP contribution in [-0.2, 0) is 16.0 Å². The van der Waals surface area contributed by atoms with Crippen LogP contribution in [0.5, 0.6) is 5.75 Å². The third-order valence-corrected chi connectivity index (χ3v) is 3.45. The van der Waals surface area contributed by atoms with Gasteiger partial charge < -0.3 is 4.74 Å². The summed E-state index contributed by atoms with van der Waals surface area (Å²) in [6.45, 7) is 3.06. The summed E-state index contributed by atoms with van der Waals surface area (Å²) in [6, 6.07) is 3.49. The van der Waals surface area contributed by atoms with E-state index in [-0.39, 0.29) is 5.75 Å². The predicted molar refractivity (Wildman–Crippen MR) is 85.6 cm³/mol. The highest BCUT2D eigenvalue weighted by Crippen LogP contribution is 2.33. The summed E-state index contributed by atoms with van der Waals surface area (Å²) in [5.41, 5.74) is -0.698.